The summed E-state index contributed by atoms with van der Waals surface area (Å²) >= 11 is 1.63. The van der Waals surface area contributed by atoms with Crippen molar-refractivity contribution in [2.45, 2.75) is 32.1 Å². The molecule has 0 unspecified atom stereocenters. The van der Waals surface area contributed by atoms with Gasteiger partial charge in [-0.1, -0.05) is 41.6 Å². The van der Waals surface area contributed by atoms with Crippen molar-refractivity contribution in [3.63, 3.8) is 0 Å². The Morgan fingerprint density at radius 3 is 2.66 bits per heavy atom. The number of aryl methyl sites for hydroxylation is 1. The lowest BCUT2D eigenvalue weighted by Crippen LogP contribution is -2.38. The van der Waals surface area contributed by atoms with E-state index in [0.29, 0.717) is 18.0 Å². The van der Waals surface area contributed by atoms with Crippen LogP contribution in [0.3, 0.4) is 0 Å². The summed E-state index contributed by atoms with van der Waals surface area (Å²) in [4.78, 5) is 25.4. The first-order valence-corrected chi connectivity index (χ1v) is 11.7. The Labute approximate surface area is 190 Å². The normalized spacial score (nSPS) is 14.6. The van der Waals surface area contributed by atoms with Gasteiger partial charge in [0.1, 0.15) is 0 Å². The lowest BCUT2D eigenvalue weighted by Gasteiger charge is -2.32. The summed E-state index contributed by atoms with van der Waals surface area (Å²) in [6, 6.07) is 15.9. The summed E-state index contributed by atoms with van der Waals surface area (Å²) in [5.74, 6) is 1.82. The van der Waals surface area contributed by atoms with Gasteiger partial charge in [0.05, 0.1) is 23.4 Å². The van der Waals surface area contributed by atoms with Crippen LogP contribution >= 0.6 is 11.3 Å². The molecule has 162 valence electrons. The number of nitrogens with zero attached hydrogens (tertiary/aromatic N) is 4. The van der Waals surface area contributed by atoms with Gasteiger partial charge in [0, 0.05) is 41.7 Å². The SMILES string of the molecule is Cc1cc(-c2cnc(-c3ccccc3)nc2C2CCN(C(=O)Cc3cccs3)CC2)on1. The van der Waals surface area contributed by atoms with Crippen molar-refractivity contribution in [1.29, 1.82) is 0 Å². The zero-order valence-electron chi connectivity index (χ0n) is 17.9. The largest absolute Gasteiger partial charge is 0.356 e. The van der Waals surface area contributed by atoms with Gasteiger partial charge in [-0.3, -0.25) is 4.79 Å². The maximum Gasteiger partial charge on any atom is 0.227 e. The summed E-state index contributed by atoms with van der Waals surface area (Å²) in [5, 5.41) is 6.06. The van der Waals surface area contributed by atoms with E-state index in [-0.39, 0.29) is 11.8 Å². The summed E-state index contributed by atoms with van der Waals surface area (Å²) < 4.78 is 5.55. The average molecular weight is 445 g/mol. The number of hydrogen-bond donors (Lipinski definition) is 0. The summed E-state index contributed by atoms with van der Waals surface area (Å²) in [5.41, 5.74) is 3.67. The van der Waals surface area contributed by atoms with Crippen LogP contribution in [0.15, 0.2) is 64.6 Å². The molecule has 4 aromatic rings. The molecule has 7 heteroatoms. The Kier molecular flexibility index (Phi) is 5.81. The lowest BCUT2D eigenvalue weighted by atomic mass is 9.90. The number of rotatable bonds is 5. The summed E-state index contributed by atoms with van der Waals surface area (Å²) in [6.07, 6.45) is 4.05. The van der Waals surface area contributed by atoms with E-state index in [0.717, 1.165) is 53.3 Å². The van der Waals surface area contributed by atoms with Crippen LogP contribution in [0.5, 0.6) is 0 Å². The van der Waals surface area contributed by atoms with E-state index in [2.05, 4.69) is 10.1 Å². The molecule has 32 heavy (non-hydrogen) atoms. The third kappa shape index (κ3) is 4.34. The van der Waals surface area contributed by atoms with Gasteiger partial charge in [0.2, 0.25) is 5.91 Å². The van der Waals surface area contributed by atoms with Crippen molar-refractivity contribution in [1.82, 2.24) is 20.0 Å². The molecule has 1 aliphatic heterocycles. The molecule has 0 aliphatic carbocycles. The third-order valence-corrected chi connectivity index (χ3v) is 6.76. The molecule has 0 spiro atoms. The first kappa shape index (κ1) is 20.6. The highest BCUT2D eigenvalue weighted by molar-refractivity contribution is 7.10. The first-order valence-electron chi connectivity index (χ1n) is 10.8. The summed E-state index contributed by atoms with van der Waals surface area (Å²) in [7, 11) is 0. The van der Waals surface area contributed by atoms with Crippen LogP contribution in [0.25, 0.3) is 22.7 Å². The Morgan fingerprint density at radius 1 is 1.16 bits per heavy atom. The van der Waals surface area contributed by atoms with Gasteiger partial charge >= 0.3 is 0 Å². The van der Waals surface area contributed by atoms with Crippen molar-refractivity contribution < 1.29 is 9.32 Å². The lowest BCUT2D eigenvalue weighted by molar-refractivity contribution is -0.131. The van der Waals surface area contributed by atoms with Crippen molar-refractivity contribution in [3.8, 4) is 22.7 Å². The molecule has 6 nitrogen and oxygen atoms in total. The standard InChI is InChI=1S/C25H24N4O2S/c1-17-14-22(31-28-17)21-16-26-25(19-6-3-2-4-7-19)27-24(21)18-9-11-29(12-10-18)23(30)15-20-8-5-13-32-20/h2-8,13-14,16,18H,9-12,15H2,1H3. The topological polar surface area (TPSA) is 72.1 Å². The smallest absolute Gasteiger partial charge is 0.227 e. The number of likely N-dealkylation sites (tertiary alicyclic amines) is 1. The van der Waals surface area contributed by atoms with Crippen LogP contribution in [-0.4, -0.2) is 39.0 Å². The van der Waals surface area contributed by atoms with Crippen LogP contribution in [0, 0.1) is 6.92 Å². The maximum absolute atomic E-state index is 12.7. The molecule has 3 aromatic heterocycles. The summed E-state index contributed by atoms with van der Waals surface area (Å²) in [6.45, 7) is 3.37. The van der Waals surface area contributed by atoms with Crippen LogP contribution in [0.1, 0.15) is 35.0 Å². The van der Waals surface area contributed by atoms with Crippen LogP contribution in [0.2, 0.25) is 0 Å². The van der Waals surface area contributed by atoms with Gasteiger partial charge in [-0.15, -0.1) is 11.3 Å². The second kappa shape index (κ2) is 9.04. The highest BCUT2D eigenvalue weighted by atomic mass is 32.1. The molecule has 0 saturated carbocycles. The quantitative estimate of drug-likeness (QED) is 0.427. The fourth-order valence-corrected chi connectivity index (χ4v) is 4.89. The number of piperidine rings is 1. The third-order valence-electron chi connectivity index (χ3n) is 5.88. The van der Waals surface area contributed by atoms with E-state index in [4.69, 9.17) is 9.51 Å². The minimum Gasteiger partial charge on any atom is -0.356 e. The fourth-order valence-electron chi connectivity index (χ4n) is 4.19. The number of hydrogen-bond acceptors (Lipinski definition) is 6. The molecule has 0 N–H and O–H groups in total. The van der Waals surface area contributed by atoms with E-state index in [9.17, 15) is 4.79 Å². The van der Waals surface area contributed by atoms with Gasteiger partial charge < -0.3 is 9.42 Å². The van der Waals surface area contributed by atoms with Gasteiger partial charge in [-0.2, -0.15) is 0 Å². The minimum atomic E-state index is 0.199. The van der Waals surface area contributed by atoms with Gasteiger partial charge in [-0.05, 0) is 31.2 Å². The highest BCUT2D eigenvalue weighted by Crippen LogP contribution is 2.35. The van der Waals surface area contributed by atoms with Crippen LogP contribution in [0.4, 0.5) is 0 Å². The van der Waals surface area contributed by atoms with Crippen molar-refractivity contribution in [2.24, 2.45) is 0 Å². The Morgan fingerprint density at radius 2 is 1.97 bits per heavy atom. The number of carbonyl (C=O) groups is 1. The molecule has 5 rings (SSSR count). The number of aromatic nitrogens is 3. The molecular weight excluding hydrogens is 420 g/mol. The molecule has 1 aromatic carbocycles. The van der Waals surface area contributed by atoms with Crippen molar-refractivity contribution in [2.75, 3.05) is 13.1 Å². The Hall–Kier alpha value is -3.32. The van der Waals surface area contributed by atoms with Gasteiger partial charge in [0.25, 0.3) is 0 Å². The van der Waals surface area contributed by atoms with Crippen molar-refractivity contribution in [3.05, 3.63) is 76.4 Å². The van der Waals surface area contributed by atoms with Crippen LogP contribution < -0.4 is 0 Å². The van der Waals surface area contributed by atoms with Gasteiger partial charge in [0.15, 0.2) is 11.6 Å². The monoisotopic (exact) mass is 444 g/mol. The number of thiophene rings is 1. The molecule has 4 heterocycles. The number of carbonyl (C=O) groups excluding carboxylic acids is 1. The molecule has 1 aliphatic rings. The molecule has 1 fully saturated rings. The second-order valence-corrected chi connectivity index (χ2v) is 9.13. The minimum absolute atomic E-state index is 0.199. The van der Waals surface area contributed by atoms with Crippen LogP contribution in [-0.2, 0) is 11.2 Å². The van der Waals surface area contributed by atoms with E-state index in [1.54, 1.807) is 11.3 Å². The van der Waals surface area contributed by atoms with E-state index < -0.39 is 0 Å². The molecular formula is C25H24N4O2S. The van der Waals surface area contributed by atoms with Gasteiger partial charge in [-0.25, -0.2) is 9.97 Å². The van der Waals surface area contributed by atoms with E-state index in [1.807, 2.05) is 71.9 Å². The predicted molar refractivity (Wildman–Crippen MR) is 124 cm³/mol. The fraction of sp³-hybridized carbons (Fsp3) is 0.280. The Balaban J connectivity index is 1.39. The molecule has 1 amide bonds. The Bertz CT molecular complexity index is 1200. The highest BCUT2D eigenvalue weighted by Gasteiger charge is 2.28. The maximum atomic E-state index is 12.7. The molecule has 0 bridgehead atoms. The molecule has 0 radical (unpaired) electrons. The van der Waals surface area contributed by atoms with E-state index in [1.165, 1.54) is 0 Å². The second-order valence-electron chi connectivity index (χ2n) is 8.10. The average Bonchev–Trinajstić information content (AvgIpc) is 3.51. The molecule has 1 saturated heterocycles. The molecule has 0 atom stereocenters. The predicted octanol–water partition coefficient (Wildman–Crippen LogP) is 5.12. The first-order chi connectivity index (χ1) is 15.7. The van der Waals surface area contributed by atoms with E-state index >= 15 is 0 Å². The number of amides is 1. The number of benzene rings is 1. The van der Waals surface area contributed by atoms with Crippen molar-refractivity contribution >= 4 is 17.2 Å². The zero-order valence-corrected chi connectivity index (χ0v) is 18.7. The zero-order chi connectivity index (χ0) is 21.9.